The maximum absolute atomic E-state index is 14.0. The lowest BCUT2D eigenvalue weighted by atomic mass is 9.71. The zero-order valence-corrected chi connectivity index (χ0v) is 22.8. The van der Waals surface area contributed by atoms with Crippen LogP contribution < -0.4 is 4.74 Å². The fourth-order valence-electron chi connectivity index (χ4n) is 6.86. The third-order valence-electron chi connectivity index (χ3n) is 9.19. The molecule has 2 atom stereocenters. The van der Waals surface area contributed by atoms with Crippen molar-refractivity contribution in [2.75, 3.05) is 0 Å². The normalized spacial score (nSPS) is 21.6. The van der Waals surface area contributed by atoms with Gasteiger partial charge in [-0.1, -0.05) is 70.0 Å². The quantitative estimate of drug-likeness (QED) is 0.368. The molecule has 3 aliphatic rings. The Labute approximate surface area is 225 Å². The van der Waals surface area contributed by atoms with E-state index in [1.165, 1.54) is 17.7 Å². The minimum atomic E-state index is -0.878. The molecular weight excluding hydrogens is 475 g/mol. The van der Waals surface area contributed by atoms with Gasteiger partial charge in [0, 0.05) is 12.0 Å². The topological polar surface area (TPSA) is 49.7 Å². The fourth-order valence-corrected chi connectivity index (χ4v) is 6.86. The van der Waals surface area contributed by atoms with Gasteiger partial charge in [-0.25, -0.2) is 4.39 Å². The monoisotopic (exact) mass is 514 g/mol. The average Bonchev–Trinajstić information content (AvgIpc) is 3.41. The number of rotatable bonds is 4. The summed E-state index contributed by atoms with van der Waals surface area (Å²) in [7, 11) is 0. The lowest BCUT2D eigenvalue weighted by Crippen LogP contribution is -2.47. The van der Waals surface area contributed by atoms with Gasteiger partial charge in [0.15, 0.2) is 0 Å². The summed E-state index contributed by atoms with van der Waals surface area (Å²) in [6, 6.07) is 16.8. The third-order valence-corrected chi connectivity index (χ3v) is 9.19. The molecule has 2 saturated carbocycles. The van der Waals surface area contributed by atoms with Crippen LogP contribution in [-0.2, 0) is 5.41 Å². The van der Waals surface area contributed by atoms with E-state index in [1.54, 1.807) is 12.1 Å². The lowest BCUT2D eigenvalue weighted by molar-refractivity contribution is -0.0662. The van der Waals surface area contributed by atoms with Crippen LogP contribution in [0.15, 0.2) is 54.6 Å². The zero-order chi connectivity index (χ0) is 26.7. The molecule has 6 rings (SSSR count). The van der Waals surface area contributed by atoms with E-state index in [9.17, 15) is 14.6 Å². The highest BCUT2D eigenvalue weighted by atomic mass is 19.1. The van der Waals surface area contributed by atoms with Gasteiger partial charge in [0.25, 0.3) is 0 Å². The summed E-state index contributed by atoms with van der Waals surface area (Å²) in [5, 5.41) is 23.7. The van der Waals surface area contributed by atoms with Crippen molar-refractivity contribution in [1.82, 2.24) is 0 Å². The van der Waals surface area contributed by atoms with E-state index in [1.807, 2.05) is 12.1 Å². The molecule has 3 aromatic carbocycles. The molecule has 0 radical (unpaired) electrons. The summed E-state index contributed by atoms with van der Waals surface area (Å²) in [6.07, 6.45) is 6.46. The van der Waals surface area contributed by atoms with E-state index in [4.69, 9.17) is 4.74 Å². The molecule has 0 bridgehead atoms. The van der Waals surface area contributed by atoms with Crippen LogP contribution in [0.5, 0.6) is 5.75 Å². The number of ether oxygens (including phenoxy) is 1. The van der Waals surface area contributed by atoms with Crippen LogP contribution >= 0.6 is 0 Å². The summed E-state index contributed by atoms with van der Waals surface area (Å²) in [5.74, 6) is 0.751. The molecular formula is C34H39FO3. The summed E-state index contributed by atoms with van der Waals surface area (Å²) in [5.41, 5.74) is 6.04. The molecule has 0 saturated heterocycles. The van der Waals surface area contributed by atoms with Crippen molar-refractivity contribution in [3.05, 3.63) is 88.2 Å². The minimum absolute atomic E-state index is 0.0164. The van der Waals surface area contributed by atoms with Crippen LogP contribution in [0.1, 0.15) is 118 Å². The Kier molecular flexibility index (Phi) is 6.39. The molecule has 1 spiro atoms. The van der Waals surface area contributed by atoms with Crippen LogP contribution in [0.4, 0.5) is 4.39 Å². The molecule has 200 valence electrons. The predicted molar refractivity (Wildman–Crippen MR) is 149 cm³/mol. The molecule has 4 heteroatoms. The van der Waals surface area contributed by atoms with Crippen molar-refractivity contribution in [1.29, 1.82) is 0 Å². The highest BCUT2D eigenvalue weighted by molar-refractivity contribution is 5.78. The van der Waals surface area contributed by atoms with Gasteiger partial charge in [-0.15, -0.1) is 0 Å². The van der Waals surface area contributed by atoms with E-state index < -0.39 is 12.2 Å². The van der Waals surface area contributed by atoms with Gasteiger partial charge in [0.1, 0.15) is 23.3 Å². The third kappa shape index (κ3) is 4.46. The maximum Gasteiger partial charge on any atom is 0.126 e. The lowest BCUT2D eigenvalue weighted by Gasteiger charge is -2.48. The van der Waals surface area contributed by atoms with E-state index in [-0.39, 0.29) is 16.8 Å². The zero-order valence-electron chi connectivity index (χ0n) is 22.8. The SMILES string of the molecule is CC(C)(C)c1ccc([C@H](O)c2c(C3CCCC3)cc3c(c2-c2ccc(F)cc2)[C@@H](O)CC2(CCC2)O3)cc1. The first-order valence-corrected chi connectivity index (χ1v) is 14.3. The highest BCUT2D eigenvalue weighted by Gasteiger charge is 2.47. The second kappa shape index (κ2) is 9.50. The Morgan fingerprint density at radius 3 is 2.18 bits per heavy atom. The average molecular weight is 515 g/mol. The fraction of sp³-hybridized carbons (Fsp3) is 0.471. The van der Waals surface area contributed by atoms with Crippen LogP contribution in [0, 0.1) is 5.82 Å². The van der Waals surface area contributed by atoms with Crippen LogP contribution in [-0.4, -0.2) is 15.8 Å². The van der Waals surface area contributed by atoms with Crippen molar-refractivity contribution in [3.8, 4) is 16.9 Å². The molecule has 1 heterocycles. The number of aliphatic hydroxyl groups excluding tert-OH is 2. The van der Waals surface area contributed by atoms with E-state index in [0.29, 0.717) is 12.3 Å². The Morgan fingerprint density at radius 1 is 0.947 bits per heavy atom. The van der Waals surface area contributed by atoms with E-state index in [2.05, 4.69) is 39.0 Å². The van der Waals surface area contributed by atoms with Crippen molar-refractivity contribution in [3.63, 3.8) is 0 Å². The largest absolute Gasteiger partial charge is 0.487 e. The van der Waals surface area contributed by atoms with Crippen LogP contribution in [0.2, 0.25) is 0 Å². The summed E-state index contributed by atoms with van der Waals surface area (Å²) in [6.45, 7) is 6.55. The summed E-state index contributed by atoms with van der Waals surface area (Å²) in [4.78, 5) is 0. The Bertz CT molecular complexity index is 1310. The van der Waals surface area contributed by atoms with Crippen molar-refractivity contribution in [2.45, 2.75) is 101 Å². The Hall–Kier alpha value is -2.69. The predicted octanol–water partition coefficient (Wildman–Crippen LogP) is 8.27. The van der Waals surface area contributed by atoms with Gasteiger partial charge in [0.05, 0.1) is 6.10 Å². The molecule has 2 N–H and O–H groups in total. The van der Waals surface area contributed by atoms with Gasteiger partial charge in [-0.2, -0.15) is 0 Å². The first kappa shape index (κ1) is 25.6. The second-order valence-corrected chi connectivity index (χ2v) is 12.8. The van der Waals surface area contributed by atoms with Gasteiger partial charge in [-0.3, -0.25) is 0 Å². The van der Waals surface area contributed by atoms with Crippen molar-refractivity contribution >= 4 is 0 Å². The van der Waals surface area contributed by atoms with Crippen molar-refractivity contribution in [2.24, 2.45) is 0 Å². The van der Waals surface area contributed by atoms with E-state index >= 15 is 0 Å². The summed E-state index contributed by atoms with van der Waals surface area (Å²) >= 11 is 0. The standard InChI is InChI=1S/C34H39FO3/c1-33(2,3)24-13-9-23(10-14-24)32(37)30-26(21-7-4-5-8-21)19-28-31(27(36)20-34(38-28)17-6-18-34)29(30)22-11-15-25(35)16-12-22/h9-16,19,21,27,32,36-37H,4-8,17-18,20H2,1-3H3/t27-,32-/m0/s1. The number of fused-ring (bicyclic) bond motifs is 1. The van der Waals surface area contributed by atoms with Crippen molar-refractivity contribution < 1.29 is 19.3 Å². The number of halogens is 1. The van der Waals surface area contributed by atoms with Gasteiger partial charge >= 0.3 is 0 Å². The number of hydrogen-bond donors (Lipinski definition) is 2. The first-order valence-electron chi connectivity index (χ1n) is 14.3. The molecule has 1 aliphatic heterocycles. The molecule has 0 unspecified atom stereocenters. The summed E-state index contributed by atoms with van der Waals surface area (Å²) < 4.78 is 20.7. The van der Waals surface area contributed by atoms with Crippen LogP contribution in [0.25, 0.3) is 11.1 Å². The van der Waals surface area contributed by atoms with Gasteiger partial charge in [-0.05, 0) is 95.0 Å². The van der Waals surface area contributed by atoms with Gasteiger partial charge < -0.3 is 14.9 Å². The molecule has 0 amide bonds. The van der Waals surface area contributed by atoms with Crippen LogP contribution in [0.3, 0.4) is 0 Å². The molecule has 2 aliphatic carbocycles. The smallest absolute Gasteiger partial charge is 0.126 e. The molecule has 3 aromatic rings. The number of benzene rings is 3. The minimum Gasteiger partial charge on any atom is -0.487 e. The van der Waals surface area contributed by atoms with E-state index in [0.717, 1.165) is 84.1 Å². The maximum atomic E-state index is 14.0. The molecule has 38 heavy (non-hydrogen) atoms. The molecule has 2 fully saturated rings. The Balaban J connectivity index is 1.58. The molecule has 0 aromatic heterocycles. The van der Waals surface area contributed by atoms with Gasteiger partial charge in [0.2, 0.25) is 0 Å². The Morgan fingerprint density at radius 2 is 1.61 bits per heavy atom. The number of hydrogen-bond acceptors (Lipinski definition) is 3. The highest BCUT2D eigenvalue weighted by Crippen LogP contribution is 2.55. The number of aliphatic hydroxyl groups is 2. The molecule has 3 nitrogen and oxygen atoms in total. The first-order chi connectivity index (χ1) is 18.2. The second-order valence-electron chi connectivity index (χ2n) is 12.8.